The van der Waals surface area contributed by atoms with E-state index in [0.29, 0.717) is 6.61 Å². The first-order valence-corrected chi connectivity index (χ1v) is 2.10. The number of esters is 1. The molecule has 0 aliphatic carbocycles. The summed E-state index contributed by atoms with van der Waals surface area (Å²) in [7, 11) is 0. The summed E-state index contributed by atoms with van der Waals surface area (Å²) >= 11 is 0. The Kier molecular flexibility index (Phi) is 9.97. The molecule has 0 aromatic carbocycles. The van der Waals surface area contributed by atoms with E-state index in [1.54, 1.807) is 6.92 Å². The Morgan fingerprint density at radius 1 is 2.00 bits per heavy atom. The van der Waals surface area contributed by atoms with E-state index in [0.717, 1.165) is 6.08 Å². The molecule has 3 heteroatoms. The number of carbonyl (C=O) groups is 1. The van der Waals surface area contributed by atoms with Crippen molar-refractivity contribution in [2.75, 3.05) is 6.61 Å². The molecular formula is C5H9NaO2. The molecular weight excluding hydrogens is 115 g/mol. The second-order valence-corrected chi connectivity index (χ2v) is 0.956. The molecule has 8 heavy (non-hydrogen) atoms. The van der Waals surface area contributed by atoms with Crippen molar-refractivity contribution in [2.45, 2.75) is 6.92 Å². The molecule has 42 valence electrons. The van der Waals surface area contributed by atoms with Crippen LogP contribution in [0.25, 0.3) is 0 Å². The van der Waals surface area contributed by atoms with Crippen LogP contribution in [-0.4, -0.2) is 12.6 Å². The van der Waals surface area contributed by atoms with Crippen LogP contribution in [0.15, 0.2) is 12.7 Å². The van der Waals surface area contributed by atoms with Gasteiger partial charge in [0.2, 0.25) is 0 Å². The maximum Gasteiger partial charge on any atom is 1.00 e. The third-order valence-electron chi connectivity index (χ3n) is 0.453. The van der Waals surface area contributed by atoms with Crippen LogP contribution in [0.4, 0.5) is 0 Å². The zero-order valence-corrected chi connectivity index (χ0v) is 7.31. The summed E-state index contributed by atoms with van der Waals surface area (Å²) in [4.78, 5) is 10.1. The first-order chi connectivity index (χ1) is 3.31. The maximum absolute atomic E-state index is 10.1. The molecule has 2 nitrogen and oxygen atoms in total. The minimum Gasteiger partial charge on any atom is -1.00 e. The van der Waals surface area contributed by atoms with Gasteiger partial charge in [-0.2, -0.15) is 0 Å². The molecule has 0 unspecified atom stereocenters. The van der Waals surface area contributed by atoms with E-state index in [-0.39, 0.29) is 37.0 Å². The van der Waals surface area contributed by atoms with Gasteiger partial charge in [0.25, 0.3) is 0 Å². The molecule has 0 atom stereocenters. The molecule has 0 aromatic heterocycles. The summed E-state index contributed by atoms with van der Waals surface area (Å²) in [5, 5.41) is 0. The maximum atomic E-state index is 10.1. The third kappa shape index (κ3) is 6.21. The predicted molar refractivity (Wildman–Crippen MR) is 27.9 cm³/mol. The van der Waals surface area contributed by atoms with Gasteiger partial charge in [-0.3, -0.25) is 0 Å². The minimum absolute atomic E-state index is 0. The van der Waals surface area contributed by atoms with Crippen molar-refractivity contribution in [2.24, 2.45) is 0 Å². The molecule has 0 rings (SSSR count). The monoisotopic (exact) mass is 124 g/mol. The summed E-state index contributed by atoms with van der Waals surface area (Å²) < 4.78 is 4.43. The molecule has 0 radical (unpaired) electrons. The van der Waals surface area contributed by atoms with Crippen LogP contribution in [-0.2, 0) is 9.53 Å². The van der Waals surface area contributed by atoms with Gasteiger partial charge in [0, 0.05) is 6.08 Å². The van der Waals surface area contributed by atoms with Crippen molar-refractivity contribution >= 4 is 5.97 Å². The van der Waals surface area contributed by atoms with Gasteiger partial charge in [-0.15, -0.1) is 0 Å². The molecule has 0 heterocycles. The Hall–Kier alpha value is 0.210. The van der Waals surface area contributed by atoms with E-state index in [1.165, 1.54) is 0 Å². The van der Waals surface area contributed by atoms with Crippen LogP contribution in [0.3, 0.4) is 0 Å². The number of ether oxygens (including phenoxy) is 1. The molecule has 0 saturated heterocycles. The number of hydrogen-bond donors (Lipinski definition) is 0. The average molecular weight is 124 g/mol. The van der Waals surface area contributed by atoms with Gasteiger partial charge in [-0.05, 0) is 6.92 Å². The smallest absolute Gasteiger partial charge is 1.00 e. The van der Waals surface area contributed by atoms with Crippen molar-refractivity contribution < 1.29 is 40.5 Å². The van der Waals surface area contributed by atoms with E-state index in [2.05, 4.69) is 11.3 Å². The molecule has 0 amide bonds. The van der Waals surface area contributed by atoms with Crippen LogP contribution in [0.5, 0.6) is 0 Å². The summed E-state index contributed by atoms with van der Waals surface area (Å²) in [5.41, 5.74) is 0. The summed E-state index contributed by atoms with van der Waals surface area (Å²) in [6, 6.07) is 0. The van der Waals surface area contributed by atoms with Crippen LogP contribution in [0.1, 0.15) is 8.35 Å². The van der Waals surface area contributed by atoms with Gasteiger partial charge < -0.3 is 6.16 Å². The number of rotatable bonds is 2. The zero-order chi connectivity index (χ0) is 5.70. The molecule has 0 saturated carbocycles. The minimum atomic E-state index is -0.359. The summed E-state index contributed by atoms with van der Waals surface area (Å²) in [6.07, 6.45) is 1.14. The first-order valence-electron chi connectivity index (χ1n) is 2.10. The van der Waals surface area contributed by atoms with Gasteiger partial charge in [-0.25, -0.2) is 4.79 Å². The van der Waals surface area contributed by atoms with Gasteiger partial charge in [0.1, 0.15) is 0 Å². The summed E-state index contributed by atoms with van der Waals surface area (Å²) in [6.45, 7) is 5.38. The third-order valence-corrected chi connectivity index (χ3v) is 0.453. The van der Waals surface area contributed by atoms with Crippen LogP contribution < -0.4 is 29.6 Å². The first kappa shape index (κ1) is 11.1. The van der Waals surface area contributed by atoms with E-state index < -0.39 is 0 Å². The van der Waals surface area contributed by atoms with Crippen molar-refractivity contribution in [3.8, 4) is 0 Å². The molecule has 0 aliphatic rings. The standard InChI is InChI=1S/C5H8O2.Na.H/c1-3-5(6)7-4-2;;/h3H,1,4H2,2H3;;/q;+1;-1. The van der Waals surface area contributed by atoms with Crippen LogP contribution in [0, 0.1) is 0 Å². The number of hydrogen-bond acceptors (Lipinski definition) is 2. The second-order valence-electron chi connectivity index (χ2n) is 0.956. The second kappa shape index (κ2) is 7.21. The van der Waals surface area contributed by atoms with Crippen molar-refractivity contribution in [1.82, 2.24) is 0 Å². The van der Waals surface area contributed by atoms with Crippen LogP contribution >= 0.6 is 0 Å². The molecule has 0 N–H and O–H groups in total. The molecule has 0 fully saturated rings. The molecule has 0 bridgehead atoms. The molecule has 0 aliphatic heterocycles. The summed E-state index contributed by atoms with van der Waals surface area (Å²) in [5.74, 6) is -0.359. The van der Waals surface area contributed by atoms with E-state index in [9.17, 15) is 4.79 Å². The normalized spacial score (nSPS) is 6.62. The Labute approximate surface area is 72.7 Å². The molecule has 0 aromatic rings. The molecule has 0 spiro atoms. The topological polar surface area (TPSA) is 26.3 Å². The average Bonchev–Trinajstić information content (AvgIpc) is 1.68. The van der Waals surface area contributed by atoms with Gasteiger partial charge in [-0.1, -0.05) is 6.58 Å². The van der Waals surface area contributed by atoms with Crippen LogP contribution in [0.2, 0.25) is 0 Å². The van der Waals surface area contributed by atoms with Gasteiger partial charge in [0.05, 0.1) is 6.61 Å². The Bertz CT molecular complexity index is 85.0. The Balaban J connectivity index is -0.000000180. The predicted octanol–water partition coefficient (Wildman–Crippen LogP) is -2.15. The van der Waals surface area contributed by atoms with Crippen molar-refractivity contribution in [3.63, 3.8) is 0 Å². The SMILES string of the molecule is C=CC(=O)OCC.[H-].[Na+]. The Morgan fingerprint density at radius 2 is 2.50 bits per heavy atom. The Morgan fingerprint density at radius 3 is 2.62 bits per heavy atom. The van der Waals surface area contributed by atoms with Crippen molar-refractivity contribution in [3.05, 3.63) is 12.7 Å². The number of carbonyl (C=O) groups excluding carboxylic acids is 1. The fourth-order valence-electron chi connectivity index (χ4n) is 0.201. The van der Waals surface area contributed by atoms with Crippen molar-refractivity contribution in [1.29, 1.82) is 0 Å². The fraction of sp³-hybridized carbons (Fsp3) is 0.400. The quantitative estimate of drug-likeness (QED) is 0.238. The van der Waals surface area contributed by atoms with E-state index in [4.69, 9.17) is 0 Å². The zero-order valence-electron chi connectivity index (χ0n) is 6.31. The van der Waals surface area contributed by atoms with E-state index >= 15 is 0 Å². The van der Waals surface area contributed by atoms with E-state index in [1.807, 2.05) is 0 Å². The van der Waals surface area contributed by atoms with Gasteiger partial charge >= 0.3 is 35.5 Å². The van der Waals surface area contributed by atoms with Gasteiger partial charge in [0.15, 0.2) is 0 Å². The fourth-order valence-corrected chi connectivity index (χ4v) is 0.201. The largest absolute Gasteiger partial charge is 1.00 e.